The molecule has 0 aliphatic carbocycles. The van der Waals surface area contributed by atoms with Crippen LogP contribution in [0, 0.1) is 6.92 Å². The molecule has 0 saturated heterocycles. The van der Waals surface area contributed by atoms with Gasteiger partial charge >= 0.3 is 0 Å². The molecule has 2 aromatic rings. The van der Waals surface area contributed by atoms with E-state index >= 15 is 0 Å². The summed E-state index contributed by atoms with van der Waals surface area (Å²) in [5.41, 5.74) is 2.44. The number of aryl methyl sites for hydroxylation is 1. The molecule has 0 bridgehead atoms. The lowest BCUT2D eigenvalue weighted by atomic mass is 10.2. The molecule has 0 heterocycles. The normalized spacial score (nSPS) is 11.0. The molecule has 20 heavy (non-hydrogen) atoms. The summed E-state index contributed by atoms with van der Waals surface area (Å²) in [6.07, 6.45) is 1.46. The predicted molar refractivity (Wildman–Crippen MR) is 80.6 cm³/mol. The highest BCUT2D eigenvalue weighted by Crippen LogP contribution is 2.13. The molecular weight excluding hydrogens is 250 g/mol. The van der Waals surface area contributed by atoms with Crippen LogP contribution >= 0.6 is 0 Å². The molecule has 102 valence electrons. The maximum Gasteiger partial charge on any atom is 0.254 e. The second-order valence-corrected chi connectivity index (χ2v) is 4.55. The van der Waals surface area contributed by atoms with Gasteiger partial charge in [-0.15, -0.1) is 0 Å². The van der Waals surface area contributed by atoms with Crippen molar-refractivity contribution < 1.29 is 9.53 Å². The van der Waals surface area contributed by atoms with Gasteiger partial charge in [-0.2, -0.15) is 0 Å². The van der Waals surface area contributed by atoms with Crippen molar-refractivity contribution in [2.24, 2.45) is 0 Å². The molecule has 2 aromatic carbocycles. The van der Waals surface area contributed by atoms with E-state index in [0.717, 1.165) is 5.69 Å². The number of hydrogen-bond acceptors (Lipinski definition) is 2. The predicted octanol–water partition coefficient (Wildman–Crippen LogP) is 3.92. The molecule has 0 radical (unpaired) electrons. The van der Waals surface area contributed by atoms with E-state index in [9.17, 15) is 4.79 Å². The first-order valence-electron chi connectivity index (χ1n) is 6.41. The molecule has 1 N–H and O–H groups in total. The van der Waals surface area contributed by atoms with Gasteiger partial charge in [0, 0.05) is 11.3 Å². The SMILES string of the molecule is C/C(=C\Oc1ccc(C)cc1)C(=O)Nc1ccccc1. The molecule has 0 atom stereocenters. The summed E-state index contributed by atoms with van der Waals surface area (Å²) in [5, 5.41) is 2.80. The van der Waals surface area contributed by atoms with Crippen molar-refractivity contribution in [3.63, 3.8) is 0 Å². The quantitative estimate of drug-likeness (QED) is 0.673. The number of carbonyl (C=O) groups excluding carboxylic acids is 1. The molecule has 0 aliphatic rings. The third-order valence-electron chi connectivity index (χ3n) is 2.78. The van der Waals surface area contributed by atoms with Gasteiger partial charge in [-0.25, -0.2) is 0 Å². The Bertz CT molecular complexity index is 601. The van der Waals surface area contributed by atoms with Crippen LogP contribution in [0.25, 0.3) is 0 Å². The Balaban J connectivity index is 1.96. The average Bonchev–Trinajstić information content (AvgIpc) is 2.47. The molecule has 3 nitrogen and oxygen atoms in total. The largest absolute Gasteiger partial charge is 0.465 e. The molecule has 0 unspecified atom stereocenters. The van der Waals surface area contributed by atoms with E-state index in [0.29, 0.717) is 11.3 Å². The van der Waals surface area contributed by atoms with Crippen LogP contribution in [-0.2, 0) is 4.79 Å². The highest BCUT2D eigenvalue weighted by molar-refractivity contribution is 6.03. The van der Waals surface area contributed by atoms with Gasteiger partial charge in [0.25, 0.3) is 5.91 Å². The molecule has 0 aliphatic heterocycles. The third kappa shape index (κ3) is 3.99. The Hall–Kier alpha value is -2.55. The lowest BCUT2D eigenvalue weighted by Crippen LogP contribution is -2.13. The summed E-state index contributed by atoms with van der Waals surface area (Å²) in [6.45, 7) is 3.73. The Labute approximate surface area is 118 Å². The van der Waals surface area contributed by atoms with Crippen LogP contribution in [0.2, 0.25) is 0 Å². The number of anilines is 1. The molecule has 0 fully saturated rings. The summed E-state index contributed by atoms with van der Waals surface area (Å²) in [7, 11) is 0. The van der Waals surface area contributed by atoms with Crippen molar-refractivity contribution in [1.29, 1.82) is 0 Å². The Morgan fingerprint density at radius 3 is 2.35 bits per heavy atom. The Morgan fingerprint density at radius 2 is 1.70 bits per heavy atom. The first-order chi connectivity index (χ1) is 9.65. The van der Waals surface area contributed by atoms with Gasteiger partial charge < -0.3 is 10.1 Å². The Kier molecular flexibility index (Phi) is 4.56. The van der Waals surface area contributed by atoms with Gasteiger partial charge in [0.15, 0.2) is 0 Å². The molecule has 1 amide bonds. The highest BCUT2D eigenvalue weighted by Gasteiger charge is 2.04. The van der Waals surface area contributed by atoms with E-state index in [2.05, 4.69) is 5.32 Å². The number of benzene rings is 2. The maximum absolute atomic E-state index is 11.9. The number of hydrogen-bond donors (Lipinski definition) is 1. The van der Waals surface area contributed by atoms with Crippen molar-refractivity contribution in [3.8, 4) is 5.75 Å². The molecular formula is C17H17NO2. The molecule has 3 heteroatoms. The molecule has 0 aromatic heterocycles. The van der Waals surface area contributed by atoms with Crippen LogP contribution in [-0.4, -0.2) is 5.91 Å². The minimum Gasteiger partial charge on any atom is -0.465 e. The zero-order valence-corrected chi connectivity index (χ0v) is 11.6. The lowest BCUT2D eigenvalue weighted by molar-refractivity contribution is -0.112. The van der Waals surface area contributed by atoms with Crippen molar-refractivity contribution in [3.05, 3.63) is 72.0 Å². The number of nitrogens with one attached hydrogen (secondary N) is 1. The van der Waals surface area contributed by atoms with Crippen LogP contribution in [0.4, 0.5) is 5.69 Å². The molecule has 0 spiro atoms. The first kappa shape index (κ1) is 13.9. The first-order valence-corrected chi connectivity index (χ1v) is 6.41. The summed E-state index contributed by atoms with van der Waals surface area (Å²) in [4.78, 5) is 11.9. The zero-order valence-electron chi connectivity index (χ0n) is 11.6. The van der Waals surface area contributed by atoms with Crippen molar-refractivity contribution in [2.45, 2.75) is 13.8 Å². The van der Waals surface area contributed by atoms with Crippen LogP contribution in [0.3, 0.4) is 0 Å². The van der Waals surface area contributed by atoms with E-state index in [1.807, 2.05) is 61.5 Å². The number of carbonyl (C=O) groups is 1. The smallest absolute Gasteiger partial charge is 0.254 e. The van der Waals surface area contributed by atoms with Gasteiger partial charge in [0.1, 0.15) is 5.75 Å². The van der Waals surface area contributed by atoms with Gasteiger partial charge in [0.05, 0.1) is 6.26 Å². The second kappa shape index (κ2) is 6.57. The summed E-state index contributed by atoms with van der Waals surface area (Å²) in [6, 6.07) is 17.0. The summed E-state index contributed by atoms with van der Waals surface area (Å²) < 4.78 is 5.46. The summed E-state index contributed by atoms with van der Waals surface area (Å²) in [5.74, 6) is 0.533. The minimum absolute atomic E-state index is 0.177. The summed E-state index contributed by atoms with van der Waals surface area (Å²) >= 11 is 0. The van der Waals surface area contributed by atoms with Crippen LogP contribution < -0.4 is 10.1 Å². The average molecular weight is 267 g/mol. The monoisotopic (exact) mass is 267 g/mol. The minimum atomic E-state index is -0.177. The van der Waals surface area contributed by atoms with Crippen molar-refractivity contribution >= 4 is 11.6 Å². The van der Waals surface area contributed by atoms with E-state index < -0.39 is 0 Å². The number of ether oxygens (including phenoxy) is 1. The molecule has 2 rings (SSSR count). The standard InChI is InChI=1S/C17H17NO2/c1-13-8-10-16(11-9-13)20-12-14(2)17(19)18-15-6-4-3-5-7-15/h3-12H,1-2H3,(H,18,19)/b14-12+. The van der Waals surface area contributed by atoms with Gasteiger partial charge in [0.2, 0.25) is 0 Å². The van der Waals surface area contributed by atoms with Crippen LogP contribution in [0.1, 0.15) is 12.5 Å². The fraction of sp³-hybridized carbons (Fsp3) is 0.118. The van der Waals surface area contributed by atoms with Crippen molar-refractivity contribution in [2.75, 3.05) is 5.32 Å². The lowest BCUT2D eigenvalue weighted by Gasteiger charge is -2.06. The fourth-order valence-electron chi connectivity index (χ4n) is 1.58. The zero-order chi connectivity index (χ0) is 14.4. The van der Waals surface area contributed by atoms with E-state index in [1.165, 1.54) is 11.8 Å². The number of amides is 1. The third-order valence-corrected chi connectivity index (χ3v) is 2.78. The number of rotatable bonds is 4. The highest BCUT2D eigenvalue weighted by atomic mass is 16.5. The maximum atomic E-state index is 11.9. The van der Waals surface area contributed by atoms with Gasteiger partial charge in [-0.05, 0) is 38.1 Å². The van der Waals surface area contributed by atoms with E-state index in [4.69, 9.17) is 4.74 Å². The van der Waals surface area contributed by atoms with Gasteiger partial charge in [-0.1, -0.05) is 35.9 Å². The van der Waals surface area contributed by atoms with Gasteiger partial charge in [-0.3, -0.25) is 4.79 Å². The van der Waals surface area contributed by atoms with Crippen LogP contribution in [0.15, 0.2) is 66.4 Å². The second-order valence-electron chi connectivity index (χ2n) is 4.55. The van der Waals surface area contributed by atoms with E-state index in [-0.39, 0.29) is 5.91 Å². The topological polar surface area (TPSA) is 38.3 Å². The van der Waals surface area contributed by atoms with E-state index in [1.54, 1.807) is 6.92 Å². The Morgan fingerprint density at radius 1 is 1.05 bits per heavy atom. The molecule has 0 saturated carbocycles. The fourth-order valence-corrected chi connectivity index (χ4v) is 1.58. The van der Waals surface area contributed by atoms with Crippen molar-refractivity contribution in [1.82, 2.24) is 0 Å². The van der Waals surface area contributed by atoms with Crippen LogP contribution in [0.5, 0.6) is 5.75 Å². The number of para-hydroxylation sites is 1.